The van der Waals surface area contributed by atoms with Crippen LogP contribution in [-0.2, 0) is 0 Å². The van der Waals surface area contributed by atoms with Gasteiger partial charge in [-0.15, -0.1) is 0 Å². The topological polar surface area (TPSA) is 72.0 Å². The number of rotatable bonds is 3. The SMILES string of the molecule is CC(=N)/C(C#N)=N/Nc1ccc(Cl)cc1. The van der Waals surface area contributed by atoms with E-state index in [0.717, 1.165) is 0 Å². The second-order valence-electron chi connectivity index (χ2n) is 2.82. The van der Waals surface area contributed by atoms with Crippen LogP contribution >= 0.6 is 11.6 Å². The summed E-state index contributed by atoms with van der Waals surface area (Å²) in [6, 6.07) is 8.71. The van der Waals surface area contributed by atoms with Gasteiger partial charge in [0.1, 0.15) is 6.07 Å². The molecule has 4 nitrogen and oxygen atoms in total. The van der Waals surface area contributed by atoms with Crippen molar-refractivity contribution in [2.24, 2.45) is 5.10 Å². The first-order valence-electron chi connectivity index (χ1n) is 4.18. The fourth-order valence-corrected chi connectivity index (χ4v) is 0.964. The monoisotopic (exact) mass is 220 g/mol. The molecule has 15 heavy (non-hydrogen) atoms. The van der Waals surface area contributed by atoms with E-state index in [-0.39, 0.29) is 11.4 Å². The molecule has 0 radical (unpaired) electrons. The Morgan fingerprint density at radius 1 is 1.47 bits per heavy atom. The van der Waals surface area contributed by atoms with E-state index < -0.39 is 0 Å². The van der Waals surface area contributed by atoms with Crippen molar-refractivity contribution in [2.75, 3.05) is 5.43 Å². The fraction of sp³-hybridized carbons (Fsp3) is 0.100. The van der Waals surface area contributed by atoms with E-state index >= 15 is 0 Å². The van der Waals surface area contributed by atoms with Crippen molar-refractivity contribution in [3.63, 3.8) is 0 Å². The van der Waals surface area contributed by atoms with E-state index in [2.05, 4.69) is 10.5 Å². The molecule has 2 N–H and O–H groups in total. The number of nitriles is 1. The molecule has 1 aromatic rings. The molecule has 0 aliphatic heterocycles. The Kier molecular flexibility index (Phi) is 3.83. The van der Waals surface area contributed by atoms with Crippen molar-refractivity contribution in [3.8, 4) is 6.07 Å². The first-order valence-corrected chi connectivity index (χ1v) is 4.56. The summed E-state index contributed by atoms with van der Waals surface area (Å²) >= 11 is 5.70. The van der Waals surface area contributed by atoms with Crippen LogP contribution in [0.1, 0.15) is 6.92 Å². The van der Waals surface area contributed by atoms with Crippen LogP contribution in [0.4, 0.5) is 5.69 Å². The number of nitrogens with zero attached hydrogens (tertiary/aromatic N) is 2. The Bertz CT molecular complexity index is 428. The molecule has 0 saturated heterocycles. The Labute approximate surface area is 92.7 Å². The van der Waals surface area contributed by atoms with Gasteiger partial charge in [-0.2, -0.15) is 10.4 Å². The Morgan fingerprint density at radius 2 is 2.07 bits per heavy atom. The first-order chi connectivity index (χ1) is 7.13. The minimum absolute atomic E-state index is 0.0601. The number of hydrogen-bond acceptors (Lipinski definition) is 4. The van der Waals surface area contributed by atoms with E-state index in [9.17, 15) is 0 Å². The minimum atomic E-state index is 0.0601. The lowest BCUT2D eigenvalue weighted by Crippen LogP contribution is -2.08. The van der Waals surface area contributed by atoms with Gasteiger partial charge in [0.2, 0.25) is 0 Å². The summed E-state index contributed by atoms with van der Waals surface area (Å²) in [5, 5.41) is 20.3. The highest BCUT2D eigenvalue weighted by atomic mass is 35.5. The molecule has 0 amide bonds. The summed E-state index contributed by atoms with van der Waals surface area (Å²) in [7, 11) is 0. The number of hydrogen-bond donors (Lipinski definition) is 2. The summed E-state index contributed by atoms with van der Waals surface area (Å²) in [5.74, 6) is 0. The number of halogens is 1. The molecule has 0 fully saturated rings. The van der Waals surface area contributed by atoms with Gasteiger partial charge in [-0.1, -0.05) is 11.6 Å². The zero-order chi connectivity index (χ0) is 11.3. The molecular formula is C10H9ClN4. The third-order valence-electron chi connectivity index (χ3n) is 1.60. The van der Waals surface area contributed by atoms with Crippen LogP contribution in [0.15, 0.2) is 29.4 Å². The molecule has 0 aliphatic rings. The average molecular weight is 221 g/mol. The fourth-order valence-electron chi connectivity index (χ4n) is 0.838. The standard InChI is InChI=1S/C10H9ClN4/c1-7(13)10(6-12)15-14-9-4-2-8(11)3-5-9/h2-5,13-14H,1H3/b13-7?,15-10+. The minimum Gasteiger partial charge on any atom is -0.303 e. The molecule has 0 unspecified atom stereocenters. The van der Waals surface area contributed by atoms with Crippen molar-refractivity contribution < 1.29 is 0 Å². The normalized spacial score (nSPS) is 10.6. The molecular weight excluding hydrogens is 212 g/mol. The Morgan fingerprint density at radius 3 is 2.53 bits per heavy atom. The number of anilines is 1. The summed E-state index contributed by atoms with van der Waals surface area (Å²) < 4.78 is 0. The van der Waals surface area contributed by atoms with Gasteiger partial charge in [-0.05, 0) is 31.2 Å². The summed E-state index contributed by atoms with van der Waals surface area (Å²) in [6.07, 6.45) is 0. The summed E-state index contributed by atoms with van der Waals surface area (Å²) in [5.41, 5.74) is 3.57. The zero-order valence-electron chi connectivity index (χ0n) is 8.08. The van der Waals surface area contributed by atoms with Crippen LogP contribution in [0, 0.1) is 16.7 Å². The maximum Gasteiger partial charge on any atom is 0.181 e. The third kappa shape index (κ3) is 3.41. The van der Waals surface area contributed by atoms with Gasteiger partial charge >= 0.3 is 0 Å². The molecule has 5 heteroatoms. The molecule has 0 atom stereocenters. The smallest absolute Gasteiger partial charge is 0.181 e. The maximum atomic E-state index is 8.64. The maximum absolute atomic E-state index is 8.64. The average Bonchev–Trinajstić information content (AvgIpc) is 2.21. The van der Waals surface area contributed by atoms with Crippen molar-refractivity contribution in [3.05, 3.63) is 29.3 Å². The molecule has 0 aromatic heterocycles. The predicted molar refractivity (Wildman–Crippen MR) is 61.5 cm³/mol. The van der Waals surface area contributed by atoms with Gasteiger partial charge in [0.15, 0.2) is 5.71 Å². The molecule has 0 aliphatic carbocycles. The second kappa shape index (κ2) is 5.13. The highest BCUT2D eigenvalue weighted by Crippen LogP contribution is 2.13. The molecule has 0 saturated carbocycles. The van der Waals surface area contributed by atoms with E-state index in [1.165, 1.54) is 6.92 Å². The van der Waals surface area contributed by atoms with Crippen LogP contribution in [0.25, 0.3) is 0 Å². The summed E-state index contributed by atoms with van der Waals surface area (Å²) in [4.78, 5) is 0. The largest absolute Gasteiger partial charge is 0.303 e. The lowest BCUT2D eigenvalue weighted by Gasteiger charge is -2.00. The Balaban J connectivity index is 2.76. The lowest BCUT2D eigenvalue weighted by atomic mass is 10.3. The van der Waals surface area contributed by atoms with Gasteiger partial charge < -0.3 is 5.41 Å². The van der Waals surface area contributed by atoms with E-state index in [0.29, 0.717) is 10.7 Å². The van der Waals surface area contributed by atoms with Crippen LogP contribution in [-0.4, -0.2) is 11.4 Å². The predicted octanol–water partition coefficient (Wildman–Crippen LogP) is 2.67. The molecule has 1 rings (SSSR count). The third-order valence-corrected chi connectivity index (χ3v) is 1.85. The second-order valence-corrected chi connectivity index (χ2v) is 3.25. The molecule has 76 valence electrons. The van der Waals surface area contributed by atoms with Crippen molar-refractivity contribution in [1.82, 2.24) is 0 Å². The van der Waals surface area contributed by atoms with Crippen molar-refractivity contribution >= 4 is 28.7 Å². The van der Waals surface area contributed by atoms with Crippen molar-refractivity contribution in [2.45, 2.75) is 6.92 Å². The van der Waals surface area contributed by atoms with E-state index in [4.69, 9.17) is 22.3 Å². The number of hydrazone groups is 1. The van der Waals surface area contributed by atoms with Crippen LogP contribution in [0.2, 0.25) is 5.02 Å². The van der Waals surface area contributed by atoms with Crippen LogP contribution in [0.5, 0.6) is 0 Å². The quantitative estimate of drug-likeness (QED) is 0.607. The van der Waals surface area contributed by atoms with Gasteiger partial charge in [0.25, 0.3) is 0 Å². The highest BCUT2D eigenvalue weighted by molar-refractivity contribution is 6.46. The van der Waals surface area contributed by atoms with Gasteiger partial charge in [0, 0.05) is 5.02 Å². The first kappa shape index (κ1) is 11.2. The number of nitrogens with one attached hydrogen (secondary N) is 2. The highest BCUT2D eigenvalue weighted by Gasteiger charge is 1.99. The molecule has 1 aromatic carbocycles. The number of benzene rings is 1. The van der Waals surface area contributed by atoms with Gasteiger partial charge in [0.05, 0.1) is 11.4 Å². The van der Waals surface area contributed by atoms with Crippen molar-refractivity contribution in [1.29, 1.82) is 10.7 Å². The van der Waals surface area contributed by atoms with Crippen LogP contribution in [0.3, 0.4) is 0 Å². The Hall–Kier alpha value is -1.86. The van der Waals surface area contributed by atoms with E-state index in [1.807, 2.05) is 6.07 Å². The lowest BCUT2D eigenvalue weighted by molar-refractivity contribution is 1.34. The molecule has 0 spiro atoms. The molecule has 0 heterocycles. The van der Waals surface area contributed by atoms with Gasteiger partial charge in [-0.3, -0.25) is 5.43 Å². The van der Waals surface area contributed by atoms with E-state index in [1.54, 1.807) is 24.3 Å². The van der Waals surface area contributed by atoms with Gasteiger partial charge in [-0.25, -0.2) is 0 Å². The molecule has 0 bridgehead atoms. The van der Waals surface area contributed by atoms with Crippen LogP contribution < -0.4 is 5.43 Å². The summed E-state index contributed by atoms with van der Waals surface area (Å²) in [6.45, 7) is 1.51. The zero-order valence-corrected chi connectivity index (χ0v) is 8.84.